The third-order valence-corrected chi connectivity index (χ3v) is 5.74. The molecule has 3 aromatic rings. The van der Waals surface area contributed by atoms with Gasteiger partial charge in [0.25, 0.3) is 0 Å². The van der Waals surface area contributed by atoms with Crippen LogP contribution in [0.3, 0.4) is 0 Å². The lowest BCUT2D eigenvalue weighted by Gasteiger charge is -2.31. The number of benzene rings is 1. The number of carbonyl (C=O) groups is 1. The summed E-state index contributed by atoms with van der Waals surface area (Å²) in [5, 5.41) is 3.36. The van der Waals surface area contributed by atoms with Crippen LogP contribution in [0.1, 0.15) is 32.5 Å². The predicted molar refractivity (Wildman–Crippen MR) is 123 cm³/mol. The molecule has 33 heavy (non-hydrogen) atoms. The van der Waals surface area contributed by atoms with Crippen LogP contribution in [-0.4, -0.2) is 49.5 Å². The molecule has 0 unspecified atom stereocenters. The van der Waals surface area contributed by atoms with E-state index in [0.29, 0.717) is 41.9 Å². The number of nitrogens with one attached hydrogen (secondary N) is 1. The SMILES string of the molecule is C/C=C\n1c(C)nc(-c2ccc(F)cc2F)c1-c1ccnc(NC2CCN(C(C)=O)CC2)n1. The topological polar surface area (TPSA) is 75.9 Å². The minimum absolute atomic E-state index is 0.0832. The average molecular weight is 453 g/mol. The zero-order valence-electron chi connectivity index (χ0n) is 18.8. The monoisotopic (exact) mass is 452 g/mol. The first-order valence-corrected chi connectivity index (χ1v) is 10.9. The van der Waals surface area contributed by atoms with Gasteiger partial charge >= 0.3 is 0 Å². The molecule has 0 bridgehead atoms. The summed E-state index contributed by atoms with van der Waals surface area (Å²) >= 11 is 0. The molecule has 0 saturated carbocycles. The van der Waals surface area contributed by atoms with Crippen LogP contribution in [-0.2, 0) is 4.79 Å². The maximum Gasteiger partial charge on any atom is 0.223 e. The number of imidazole rings is 1. The quantitative estimate of drug-likeness (QED) is 0.617. The lowest BCUT2D eigenvalue weighted by atomic mass is 10.1. The summed E-state index contributed by atoms with van der Waals surface area (Å²) in [6.07, 6.45) is 6.92. The molecule has 0 radical (unpaired) electrons. The van der Waals surface area contributed by atoms with Crippen LogP contribution in [0.15, 0.2) is 36.5 Å². The van der Waals surface area contributed by atoms with Crippen LogP contribution >= 0.6 is 0 Å². The molecule has 1 aromatic carbocycles. The van der Waals surface area contributed by atoms with Gasteiger partial charge in [0.2, 0.25) is 11.9 Å². The highest BCUT2D eigenvalue weighted by molar-refractivity contribution is 5.79. The lowest BCUT2D eigenvalue weighted by Crippen LogP contribution is -2.41. The number of allylic oxidation sites excluding steroid dienone is 1. The lowest BCUT2D eigenvalue weighted by molar-refractivity contribution is -0.129. The van der Waals surface area contributed by atoms with E-state index in [1.165, 1.54) is 12.1 Å². The standard InChI is InChI=1S/C24H26F2N6O/c1-4-11-32-15(2)28-22(19-6-5-17(25)14-20(19)26)23(32)21-7-10-27-24(30-21)29-18-8-12-31(13-9-18)16(3)33/h4-7,10-11,14,18H,8-9,12-13H2,1-3H3,(H,27,29,30)/b11-4-. The third kappa shape index (κ3) is 4.76. The third-order valence-electron chi connectivity index (χ3n) is 5.74. The Bertz CT molecular complexity index is 1200. The molecule has 1 aliphatic heterocycles. The number of carbonyl (C=O) groups excluding carboxylic acids is 1. The molecule has 0 atom stereocenters. The second kappa shape index (κ2) is 9.48. The molecule has 0 aliphatic carbocycles. The van der Waals surface area contributed by atoms with E-state index in [2.05, 4.69) is 20.3 Å². The largest absolute Gasteiger partial charge is 0.351 e. The highest BCUT2D eigenvalue weighted by atomic mass is 19.1. The second-order valence-electron chi connectivity index (χ2n) is 8.02. The summed E-state index contributed by atoms with van der Waals surface area (Å²) in [6, 6.07) is 5.34. The molecule has 0 spiro atoms. The van der Waals surface area contributed by atoms with Crippen LogP contribution in [0.4, 0.5) is 14.7 Å². The molecule has 1 amide bonds. The Labute approximate surface area is 191 Å². The summed E-state index contributed by atoms with van der Waals surface area (Å²) in [5.41, 5.74) is 1.73. The van der Waals surface area contributed by atoms with Crippen LogP contribution in [0.5, 0.6) is 0 Å². The van der Waals surface area contributed by atoms with Crippen molar-refractivity contribution in [3.05, 3.63) is 54.0 Å². The van der Waals surface area contributed by atoms with Gasteiger partial charge in [0.15, 0.2) is 0 Å². The van der Waals surface area contributed by atoms with Gasteiger partial charge in [-0.15, -0.1) is 0 Å². The van der Waals surface area contributed by atoms with Gasteiger partial charge in [-0.05, 0) is 44.9 Å². The molecule has 1 fully saturated rings. The number of hydrogen-bond acceptors (Lipinski definition) is 5. The maximum absolute atomic E-state index is 14.7. The van der Waals surface area contributed by atoms with Gasteiger partial charge < -0.3 is 14.8 Å². The van der Waals surface area contributed by atoms with E-state index in [9.17, 15) is 13.6 Å². The van der Waals surface area contributed by atoms with Crippen LogP contribution < -0.4 is 5.32 Å². The van der Waals surface area contributed by atoms with Crippen LogP contribution in [0.25, 0.3) is 28.8 Å². The van der Waals surface area contributed by atoms with Gasteiger partial charge in [-0.25, -0.2) is 23.7 Å². The fourth-order valence-corrected chi connectivity index (χ4v) is 4.07. The van der Waals surface area contributed by atoms with Crippen molar-refractivity contribution in [1.29, 1.82) is 0 Å². The molecule has 7 nitrogen and oxygen atoms in total. The highest BCUT2D eigenvalue weighted by Gasteiger charge is 2.23. The molecule has 1 N–H and O–H groups in total. The molecular formula is C24H26F2N6O. The number of halogens is 2. The molecule has 1 saturated heterocycles. The zero-order chi connectivity index (χ0) is 23.5. The minimum atomic E-state index is -0.689. The van der Waals surface area contributed by atoms with Gasteiger partial charge in [-0.1, -0.05) is 6.08 Å². The van der Waals surface area contributed by atoms with Gasteiger partial charge in [0.1, 0.15) is 23.2 Å². The van der Waals surface area contributed by atoms with E-state index in [-0.39, 0.29) is 17.5 Å². The molecule has 3 heterocycles. The Morgan fingerprint density at radius 3 is 2.61 bits per heavy atom. The predicted octanol–water partition coefficient (Wildman–Crippen LogP) is 4.51. The van der Waals surface area contributed by atoms with E-state index in [1.54, 1.807) is 19.2 Å². The maximum atomic E-state index is 14.7. The fraction of sp³-hybridized carbons (Fsp3) is 0.333. The second-order valence-corrected chi connectivity index (χ2v) is 8.02. The Balaban J connectivity index is 1.70. The molecule has 4 rings (SSSR count). The fourth-order valence-electron chi connectivity index (χ4n) is 4.07. The van der Waals surface area contributed by atoms with Gasteiger partial charge in [-0.3, -0.25) is 4.79 Å². The van der Waals surface area contributed by atoms with Crippen molar-refractivity contribution in [2.45, 2.75) is 39.7 Å². The van der Waals surface area contributed by atoms with Gasteiger partial charge in [-0.2, -0.15) is 0 Å². The van der Waals surface area contributed by atoms with Crippen molar-refractivity contribution in [2.75, 3.05) is 18.4 Å². The molecule has 172 valence electrons. The average Bonchev–Trinajstić information content (AvgIpc) is 3.10. The van der Waals surface area contributed by atoms with Crippen LogP contribution in [0.2, 0.25) is 0 Å². The summed E-state index contributed by atoms with van der Waals surface area (Å²) in [5.74, 6) is -0.158. The van der Waals surface area contributed by atoms with Crippen molar-refractivity contribution in [1.82, 2.24) is 24.4 Å². The number of hydrogen-bond donors (Lipinski definition) is 1. The number of rotatable bonds is 5. The molecular weight excluding hydrogens is 426 g/mol. The molecule has 9 heteroatoms. The smallest absolute Gasteiger partial charge is 0.223 e. The van der Waals surface area contributed by atoms with Gasteiger partial charge in [0.05, 0.1) is 11.4 Å². The number of aromatic nitrogens is 4. The summed E-state index contributed by atoms with van der Waals surface area (Å²) in [6.45, 7) is 6.65. The number of nitrogens with zero attached hydrogens (tertiary/aromatic N) is 5. The number of anilines is 1. The van der Waals surface area contributed by atoms with E-state index in [0.717, 1.165) is 18.9 Å². The van der Waals surface area contributed by atoms with E-state index >= 15 is 0 Å². The zero-order valence-corrected chi connectivity index (χ0v) is 18.8. The van der Waals surface area contributed by atoms with E-state index in [1.807, 2.05) is 35.6 Å². The summed E-state index contributed by atoms with van der Waals surface area (Å²) in [7, 11) is 0. The Kier molecular flexibility index (Phi) is 6.48. The van der Waals surface area contributed by atoms with Crippen molar-refractivity contribution in [2.24, 2.45) is 0 Å². The van der Waals surface area contributed by atoms with Gasteiger partial charge in [0, 0.05) is 50.1 Å². The normalized spacial score (nSPS) is 14.8. The number of aryl methyl sites for hydroxylation is 1. The first kappa shape index (κ1) is 22.6. The Morgan fingerprint density at radius 2 is 1.94 bits per heavy atom. The summed E-state index contributed by atoms with van der Waals surface area (Å²) < 4.78 is 30.0. The van der Waals surface area contributed by atoms with Crippen molar-refractivity contribution < 1.29 is 13.6 Å². The number of piperidine rings is 1. The van der Waals surface area contributed by atoms with E-state index in [4.69, 9.17) is 0 Å². The highest BCUT2D eigenvalue weighted by Crippen LogP contribution is 2.34. The van der Waals surface area contributed by atoms with Crippen molar-refractivity contribution in [3.8, 4) is 22.6 Å². The Morgan fingerprint density at radius 1 is 1.18 bits per heavy atom. The number of amides is 1. The van der Waals surface area contributed by atoms with E-state index < -0.39 is 11.6 Å². The molecule has 1 aliphatic rings. The van der Waals surface area contributed by atoms with Crippen molar-refractivity contribution >= 4 is 18.1 Å². The Hall–Kier alpha value is -3.62. The minimum Gasteiger partial charge on any atom is -0.351 e. The molecule has 2 aromatic heterocycles. The number of likely N-dealkylation sites (tertiary alicyclic amines) is 1. The van der Waals surface area contributed by atoms with Crippen LogP contribution in [0, 0.1) is 18.6 Å². The first-order valence-electron chi connectivity index (χ1n) is 10.9. The summed E-state index contributed by atoms with van der Waals surface area (Å²) in [4.78, 5) is 27.0. The van der Waals surface area contributed by atoms with Crippen molar-refractivity contribution in [3.63, 3.8) is 0 Å². The first-order chi connectivity index (χ1) is 15.9.